The molecule has 150 valence electrons. The topological polar surface area (TPSA) is 185 Å². The predicted molar refractivity (Wildman–Crippen MR) is 88.6 cm³/mol. The summed E-state index contributed by atoms with van der Waals surface area (Å²) in [6, 6.07) is 1.41. The van der Waals surface area contributed by atoms with E-state index in [-0.39, 0.29) is 0 Å². The number of amides is 2. The third kappa shape index (κ3) is 6.09. The molecule has 0 aliphatic rings. The number of carboxylic acid groups (broad SMARTS) is 2. The first-order chi connectivity index (χ1) is 13.0. The van der Waals surface area contributed by atoms with Gasteiger partial charge in [-0.25, -0.2) is 9.59 Å². The Labute approximate surface area is 157 Å². The molecular formula is C16H16N2O10. The first-order valence-electron chi connectivity index (χ1n) is 7.52. The highest BCUT2D eigenvalue weighted by Crippen LogP contribution is 2.18. The van der Waals surface area contributed by atoms with E-state index >= 15 is 0 Å². The Hall–Kier alpha value is -3.96. The van der Waals surface area contributed by atoms with Crippen LogP contribution in [0.2, 0.25) is 0 Å². The number of carbonyl (C=O) groups is 6. The minimum Gasteiger partial charge on any atom is -0.478 e. The van der Waals surface area contributed by atoms with Crippen molar-refractivity contribution in [1.82, 2.24) is 10.6 Å². The Kier molecular flexibility index (Phi) is 7.62. The summed E-state index contributed by atoms with van der Waals surface area (Å²) in [4.78, 5) is 68.6. The normalized spacial score (nSPS) is 9.79. The lowest BCUT2D eigenvalue weighted by atomic mass is 9.97. The van der Waals surface area contributed by atoms with Crippen molar-refractivity contribution in [2.24, 2.45) is 0 Å². The molecule has 0 aromatic heterocycles. The Balaban J connectivity index is 3.30. The minimum atomic E-state index is -1.62. The van der Waals surface area contributed by atoms with Crippen LogP contribution in [-0.2, 0) is 19.1 Å². The molecule has 1 aromatic rings. The summed E-state index contributed by atoms with van der Waals surface area (Å²) < 4.78 is 9.02. The lowest BCUT2D eigenvalue weighted by Crippen LogP contribution is -2.31. The highest BCUT2D eigenvalue weighted by Gasteiger charge is 2.25. The molecule has 0 fully saturated rings. The number of hydrogen-bond acceptors (Lipinski definition) is 8. The number of aromatic carboxylic acids is 2. The summed E-state index contributed by atoms with van der Waals surface area (Å²) in [6.07, 6.45) is 0. The van der Waals surface area contributed by atoms with Crippen molar-refractivity contribution in [3.05, 3.63) is 34.4 Å². The van der Waals surface area contributed by atoms with E-state index in [1.54, 1.807) is 0 Å². The van der Waals surface area contributed by atoms with Crippen LogP contribution in [0.5, 0.6) is 0 Å². The molecule has 0 saturated carbocycles. The van der Waals surface area contributed by atoms with Crippen LogP contribution in [0.15, 0.2) is 12.1 Å². The maximum atomic E-state index is 12.2. The molecule has 0 saturated heterocycles. The number of carbonyl (C=O) groups excluding carboxylic acids is 4. The fraction of sp³-hybridized carbons (Fsp3) is 0.250. The van der Waals surface area contributed by atoms with Crippen LogP contribution in [0.1, 0.15) is 55.3 Å². The highest BCUT2D eigenvalue weighted by atomic mass is 16.5. The quantitative estimate of drug-likeness (QED) is 0.332. The molecule has 0 spiro atoms. The highest BCUT2D eigenvalue weighted by molar-refractivity contribution is 6.11. The van der Waals surface area contributed by atoms with Gasteiger partial charge in [0.1, 0.15) is 0 Å². The lowest BCUT2D eigenvalue weighted by molar-refractivity contribution is -0.142. The number of carboxylic acids is 2. The molecule has 28 heavy (non-hydrogen) atoms. The van der Waals surface area contributed by atoms with Gasteiger partial charge < -0.3 is 30.3 Å². The number of esters is 2. The van der Waals surface area contributed by atoms with E-state index in [9.17, 15) is 39.0 Å². The zero-order valence-electron chi connectivity index (χ0n) is 14.7. The van der Waals surface area contributed by atoms with E-state index in [0.29, 0.717) is 6.07 Å². The summed E-state index contributed by atoms with van der Waals surface area (Å²) in [5, 5.41) is 22.7. The van der Waals surface area contributed by atoms with Gasteiger partial charge in [-0.3, -0.25) is 19.2 Å². The standard InChI is InChI=1S/C16H16N2O10/c1-7(19)27-5-17-13(21)9-3-10(14(22)18-6-28-8(2)20)12(16(25)26)4-11(9)15(23)24/h3-4H,5-6H2,1-2H3,(H,17,21)(H,18,22)(H,23,24)(H,25,26). The van der Waals surface area contributed by atoms with Crippen LogP contribution >= 0.6 is 0 Å². The molecule has 0 aliphatic carbocycles. The van der Waals surface area contributed by atoms with Crippen molar-refractivity contribution in [3.8, 4) is 0 Å². The predicted octanol–water partition coefficient (Wildman–Crippen LogP) is -0.416. The van der Waals surface area contributed by atoms with Gasteiger partial charge in [-0.1, -0.05) is 0 Å². The Morgan fingerprint density at radius 3 is 1.32 bits per heavy atom. The van der Waals surface area contributed by atoms with Crippen LogP contribution in [-0.4, -0.2) is 59.4 Å². The SMILES string of the molecule is CC(=O)OCNC(=O)c1cc(C(=O)NCOC(C)=O)c(C(=O)O)cc1C(=O)O. The van der Waals surface area contributed by atoms with Crippen molar-refractivity contribution < 1.29 is 48.5 Å². The van der Waals surface area contributed by atoms with Crippen molar-refractivity contribution >= 4 is 35.7 Å². The third-order valence-corrected chi connectivity index (χ3v) is 3.12. The maximum Gasteiger partial charge on any atom is 0.336 e. The van der Waals surface area contributed by atoms with Gasteiger partial charge in [-0.05, 0) is 12.1 Å². The summed E-state index contributed by atoms with van der Waals surface area (Å²) in [7, 11) is 0. The molecule has 4 N–H and O–H groups in total. The first-order valence-corrected chi connectivity index (χ1v) is 7.52. The summed E-state index contributed by atoms with van der Waals surface area (Å²) in [5.74, 6) is -6.69. The second-order valence-electron chi connectivity index (χ2n) is 5.13. The molecule has 0 radical (unpaired) electrons. The molecule has 12 heteroatoms. The number of rotatable bonds is 8. The molecule has 0 bridgehead atoms. The van der Waals surface area contributed by atoms with Crippen molar-refractivity contribution in [1.29, 1.82) is 0 Å². The van der Waals surface area contributed by atoms with Crippen LogP contribution in [0.3, 0.4) is 0 Å². The number of ether oxygens (including phenoxy) is 2. The van der Waals surface area contributed by atoms with Gasteiger partial charge in [0, 0.05) is 13.8 Å². The monoisotopic (exact) mass is 396 g/mol. The Morgan fingerprint density at radius 2 is 1.04 bits per heavy atom. The smallest absolute Gasteiger partial charge is 0.336 e. The van der Waals surface area contributed by atoms with Crippen molar-refractivity contribution in [2.45, 2.75) is 13.8 Å². The van der Waals surface area contributed by atoms with E-state index in [4.69, 9.17) is 0 Å². The lowest BCUT2D eigenvalue weighted by Gasteiger charge is -2.13. The molecule has 2 amide bonds. The van der Waals surface area contributed by atoms with Gasteiger partial charge in [-0.15, -0.1) is 0 Å². The number of benzene rings is 1. The third-order valence-electron chi connectivity index (χ3n) is 3.12. The summed E-state index contributed by atoms with van der Waals surface area (Å²) >= 11 is 0. The number of hydrogen-bond donors (Lipinski definition) is 4. The number of nitrogens with one attached hydrogen (secondary N) is 2. The van der Waals surface area contributed by atoms with E-state index in [1.807, 2.05) is 0 Å². The molecule has 0 unspecified atom stereocenters. The summed E-state index contributed by atoms with van der Waals surface area (Å²) in [5.41, 5.74) is -2.45. The first kappa shape index (κ1) is 22.1. The van der Waals surface area contributed by atoms with Crippen LogP contribution in [0, 0.1) is 0 Å². The van der Waals surface area contributed by atoms with Crippen LogP contribution in [0.25, 0.3) is 0 Å². The van der Waals surface area contributed by atoms with Gasteiger partial charge >= 0.3 is 23.9 Å². The molecule has 0 aliphatic heterocycles. The average molecular weight is 396 g/mol. The second kappa shape index (κ2) is 9.66. The molecule has 0 heterocycles. The van der Waals surface area contributed by atoms with E-state index in [2.05, 4.69) is 20.1 Å². The van der Waals surface area contributed by atoms with Gasteiger partial charge in [0.2, 0.25) is 0 Å². The second-order valence-corrected chi connectivity index (χ2v) is 5.13. The van der Waals surface area contributed by atoms with Crippen LogP contribution in [0.4, 0.5) is 0 Å². The largest absolute Gasteiger partial charge is 0.478 e. The van der Waals surface area contributed by atoms with Crippen molar-refractivity contribution in [3.63, 3.8) is 0 Å². The van der Waals surface area contributed by atoms with E-state index in [1.165, 1.54) is 0 Å². The molecule has 1 rings (SSSR count). The fourth-order valence-electron chi connectivity index (χ4n) is 1.93. The molecule has 12 nitrogen and oxygen atoms in total. The van der Waals surface area contributed by atoms with E-state index in [0.717, 1.165) is 19.9 Å². The molecule has 0 atom stereocenters. The maximum absolute atomic E-state index is 12.2. The van der Waals surface area contributed by atoms with Gasteiger partial charge in [0.05, 0.1) is 22.3 Å². The van der Waals surface area contributed by atoms with Crippen molar-refractivity contribution in [2.75, 3.05) is 13.5 Å². The van der Waals surface area contributed by atoms with Crippen LogP contribution < -0.4 is 10.6 Å². The minimum absolute atomic E-state index is 0.540. The Morgan fingerprint density at radius 1 is 0.714 bits per heavy atom. The molecular weight excluding hydrogens is 380 g/mol. The zero-order chi connectivity index (χ0) is 21.4. The van der Waals surface area contributed by atoms with Gasteiger partial charge in [-0.2, -0.15) is 0 Å². The van der Waals surface area contributed by atoms with E-state index < -0.39 is 71.4 Å². The summed E-state index contributed by atoms with van der Waals surface area (Å²) in [6.45, 7) is 1.04. The fourth-order valence-corrected chi connectivity index (χ4v) is 1.93. The van der Waals surface area contributed by atoms with Gasteiger partial charge in [0.25, 0.3) is 11.8 Å². The average Bonchev–Trinajstić information content (AvgIpc) is 2.59. The molecule has 1 aromatic carbocycles. The Bertz CT molecular complexity index is 781. The van der Waals surface area contributed by atoms with Gasteiger partial charge in [0.15, 0.2) is 13.5 Å². The zero-order valence-corrected chi connectivity index (χ0v) is 14.7.